The molecule has 3 aliphatic heterocycles. The van der Waals surface area contributed by atoms with Crippen LogP contribution in [0.3, 0.4) is 0 Å². The number of carbonyl (C=O) groups is 5. The van der Waals surface area contributed by atoms with Gasteiger partial charge >= 0.3 is 18.2 Å². The predicted molar refractivity (Wildman–Crippen MR) is 161 cm³/mol. The van der Waals surface area contributed by atoms with Crippen LogP contribution in [0.2, 0.25) is 0 Å². The Morgan fingerprint density at radius 3 is 2.54 bits per heavy atom. The summed E-state index contributed by atoms with van der Waals surface area (Å²) in [5.74, 6) is -3.14. The van der Waals surface area contributed by atoms with Gasteiger partial charge in [0, 0.05) is 24.4 Å². The van der Waals surface area contributed by atoms with E-state index in [0.717, 1.165) is 44.9 Å². The molecule has 13 heteroatoms. The number of rotatable bonds is 4. The summed E-state index contributed by atoms with van der Waals surface area (Å²) in [6, 6.07) is 2.52. The van der Waals surface area contributed by atoms with Gasteiger partial charge in [-0.2, -0.15) is 0 Å². The normalized spacial score (nSPS) is 29.9. The first kappa shape index (κ1) is 31.8. The number of fused-ring (bicyclic) bond motifs is 3. The quantitative estimate of drug-likeness (QED) is 0.421. The van der Waals surface area contributed by atoms with Crippen LogP contribution in [-0.4, -0.2) is 81.3 Å². The zero-order chi connectivity index (χ0) is 32.4. The van der Waals surface area contributed by atoms with E-state index in [9.17, 15) is 33.5 Å². The molecule has 12 nitrogen and oxygen atoms in total. The number of alkyl carbamates (subject to hydrolysis) is 1. The molecule has 5 aliphatic rings. The zero-order valence-corrected chi connectivity index (χ0v) is 25.8. The minimum atomic E-state index is -1.48. The van der Waals surface area contributed by atoms with Crippen LogP contribution in [0.4, 0.5) is 14.0 Å². The molecule has 0 bridgehead atoms. The highest BCUT2D eigenvalue weighted by Crippen LogP contribution is 2.45. The number of carboxylic acid groups (broad SMARTS) is 1. The lowest BCUT2D eigenvalue weighted by atomic mass is 10.0. The summed E-state index contributed by atoms with van der Waals surface area (Å²) < 4.78 is 25.6. The lowest BCUT2D eigenvalue weighted by molar-refractivity contribution is -0.145. The van der Waals surface area contributed by atoms with Crippen LogP contribution in [0, 0.1) is 11.7 Å². The second-order valence-corrected chi connectivity index (χ2v) is 13.1. The fourth-order valence-corrected chi connectivity index (χ4v) is 7.21. The van der Waals surface area contributed by atoms with E-state index in [-0.39, 0.29) is 44.5 Å². The van der Waals surface area contributed by atoms with E-state index < -0.39 is 59.5 Å². The Balaban J connectivity index is 1.21. The van der Waals surface area contributed by atoms with Crippen molar-refractivity contribution in [1.29, 1.82) is 0 Å². The molecule has 248 valence electrons. The van der Waals surface area contributed by atoms with Crippen molar-refractivity contribution < 1.29 is 42.9 Å². The highest BCUT2D eigenvalue weighted by molar-refractivity contribution is 5.96. The summed E-state index contributed by atoms with van der Waals surface area (Å²) in [4.78, 5) is 68.9. The summed E-state index contributed by atoms with van der Waals surface area (Å²) in [6.07, 6.45) is 8.17. The topological polar surface area (TPSA) is 155 Å². The monoisotopic (exact) mass is 640 g/mol. The summed E-state index contributed by atoms with van der Waals surface area (Å²) in [7, 11) is 0. The molecule has 3 fully saturated rings. The van der Waals surface area contributed by atoms with E-state index in [2.05, 4.69) is 10.6 Å². The van der Waals surface area contributed by atoms with Crippen molar-refractivity contribution in [2.75, 3.05) is 6.54 Å². The second-order valence-electron chi connectivity index (χ2n) is 13.1. The highest BCUT2D eigenvalue weighted by atomic mass is 19.1. The van der Waals surface area contributed by atoms with Crippen LogP contribution in [0.1, 0.15) is 81.8 Å². The Bertz CT molecular complexity index is 1410. The molecule has 46 heavy (non-hydrogen) atoms. The Morgan fingerprint density at radius 2 is 1.78 bits per heavy atom. The molecule has 2 aliphatic carbocycles. The van der Waals surface area contributed by atoms with Crippen molar-refractivity contribution in [2.45, 2.75) is 114 Å². The number of hydrogen-bond donors (Lipinski definition) is 3. The Labute approximate surface area is 266 Å². The lowest BCUT2D eigenvalue weighted by Crippen LogP contribution is -2.56. The fourth-order valence-electron chi connectivity index (χ4n) is 7.21. The van der Waals surface area contributed by atoms with Gasteiger partial charge in [-0.1, -0.05) is 37.1 Å². The van der Waals surface area contributed by atoms with Gasteiger partial charge < -0.3 is 30.1 Å². The minimum Gasteiger partial charge on any atom is -0.479 e. The predicted octanol–water partition coefficient (Wildman–Crippen LogP) is 3.76. The molecule has 1 aromatic carbocycles. The van der Waals surface area contributed by atoms with Gasteiger partial charge in [0.2, 0.25) is 11.8 Å². The maximum atomic E-state index is 14.3. The van der Waals surface area contributed by atoms with E-state index in [1.165, 1.54) is 15.9 Å². The van der Waals surface area contributed by atoms with Crippen LogP contribution in [0.15, 0.2) is 30.4 Å². The zero-order valence-electron chi connectivity index (χ0n) is 25.8. The molecular formula is C33H41FN4O8. The van der Waals surface area contributed by atoms with Gasteiger partial charge in [-0.05, 0) is 63.0 Å². The van der Waals surface area contributed by atoms with Crippen molar-refractivity contribution in [2.24, 2.45) is 5.92 Å². The van der Waals surface area contributed by atoms with Crippen molar-refractivity contribution in [3.63, 3.8) is 0 Å². The number of nitrogens with one attached hydrogen (secondary N) is 2. The average molecular weight is 641 g/mol. The summed E-state index contributed by atoms with van der Waals surface area (Å²) >= 11 is 0. The number of nitrogens with zero attached hydrogens (tertiary/aromatic N) is 2. The van der Waals surface area contributed by atoms with Crippen LogP contribution >= 0.6 is 0 Å². The standard InChI is InChI=1S/C33H41FN4O8/c34-25-13-8-9-20-17-37(19-24(20)25)32(44)46-23-15-27-28(39)36-33(30(41)42)16-21(33)10-4-2-1-3-5-14-26(29(40)38(27)18-23)35-31(43)45-22-11-6-7-12-22/h4,8-10,13,21-23,26-27H,1-3,5-7,11-12,14-19H2,(H,35,43)(H,36,39)(H,41,42)/t21-,23-,26+,27+,33-/m1/s1. The van der Waals surface area contributed by atoms with Crippen molar-refractivity contribution in [3.8, 4) is 0 Å². The summed E-state index contributed by atoms with van der Waals surface area (Å²) in [5.41, 5.74) is -0.389. The van der Waals surface area contributed by atoms with Crippen LogP contribution < -0.4 is 10.6 Å². The molecule has 1 saturated heterocycles. The third-order valence-electron chi connectivity index (χ3n) is 9.94. The largest absolute Gasteiger partial charge is 0.479 e. The van der Waals surface area contributed by atoms with E-state index in [1.807, 2.05) is 12.2 Å². The van der Waals surface area contributed by atoms with Gasteiger partial charge in [0.1, 0.15) is 35.6 Å². The number of carbonyl (C=O) groups excluding carboxylic acids is 4. The molecule has 1 aromatic rings. The molecule has 2 saturated carbocycles. The SMILES string of the molecule is O=C(N[C@H]1CCCCCC=C[C@@H]2C[C@@]2(C(=O)O)NC(=O)[C@@H]2C[C@@H](OC(=O)N3Cc4cccc(F)c4C3)CN2C1=O)OC1CCCC1. The Hall–Kier alpha value is -4.16. The molecule has 6 rings (SSSR count). The molecule has 3 N–H and O–H groups in total. The van der Waals surface area contributed by atoms with E-state index in [1.54, 1.807) is 12.1 Å². The van der Waals surface area contributed by atoms with Gasteiger partial charge in [0.25, 0.3) is 0 Å². The van der Waals surface area contributed by atoms with Gasteiger partial charge in [-0.25, -0.2) is 18.8 Å². The number of carboxylic acids is 1. The van der Waals surface area contributed by atoms with Crippen molar-refractivity contribution in [1.82, 2.24) is 20.4 Å². The fraction of sp³-hybridized carbons (Fsp3) is 0.606. The smallest absolute Gasteiger partial charge is 0.410 e. The molecule has 0 radical (unpaired) electrons. The third kappa shape index (κ3) is 6.68. The molecule has 3 heterocycles. The van der Waals surface area contributed by atoms with Gasteiger partial charge in [0.05, 0.1) is 13.1 Å². The number of ether oxygens (including phenoxy) is 2. The first-order chi connectivity index (χ1) is 22.1. The minimum absolute atomic E-state index is 0.0330. The van der Waals surface area contributed by atoms with Crippen molar-refractivity contribution >= 4 is 30.0 Å². The number of halogens is 1. The molecule has 0 aromatic heterocycles. The molecule has 0 unspecified atom stereocenters. The maximum absolute atomic E-state index is 14.3. The lowest BCUT2D eigenvalue weighted by Gasteiger charge is -2.29. The number of aliphatic carboxylic acids is 1. The summed E-state index contributed by atoms with van der Waals surface area (Å²) in [6.45, 7) is 0.0681. The number of hydrogen-bond acceptors (Lipinski definition) is 7. The van der Waals surface area contributed by atoms with Crippen LogP contribution in [-0.2, 0) is 36.9 Å². The van der Waals surface area contributed by atoms with E-state index in [4.69, 9.17) is 9.47 Å². The van der Waals surface area contributed by atoms with Crippen LogP contribution in [0.25, 0.3) is 0 Å². The molecular weight excluding hydrogens is 599 g/mol. The number of amides is 4. The van der Waals surface area contributed by atoms with Crippen molar-refractivity contribution in [3.05, 3.63) is 47.3 Å². The first-order valence-electron chi connectivity index (χ1n) is 16.4. The Morgan fingerprint density at radius 1 is 1.00 bits per heavy atom. The second kappa shape index (κ2) is 13.3. The van der Waals surface area contributed by atoms with E-state index in [0.29, 0.717) is 24.0 Å². The maximum Gasteiger partial charge on any atom is 0.410 e. The molecule has 5 atom stereocenters. The van der Waals surface area contributed by atoms with Gasteiger partial charge in [0.15, 0.2) is 0 Å². The van der Waals surface area contributed by atoms with Gasteiger partial charge in [-0.3, -0.25) is 14.5 Å². The van der Waals surface area contributed by atoms with Gasteiger partial charge in [-0.15, -0.1) is 0 Å². The first-order valence-corrected chi connectivity index (χ1v) is 16.4. The number of allylic oxidation sites excluding steroid dienone is 1. The molecule has 0 spiro atoms. The van der Waals surface area contributed by atoms with E-state index >= 15 is 0 Å². The summed E-state index contributed by atoms with van der Waals surface area (Å²) in [5, 5.41) is 15.5. The average Bonchev–Trinajstić information content (AvgIpc) is 3.45. The number of benzene rings is 1. The third-order valence-corrected chi connectivity index (χ3v) is 9.94. The highest BCUT2D eigenvalue weighted by Gasteiger charge is 2.61. The van der Waals surface area contributed by atoms with Crippen LogP contribution in [0.5, 0.6) is 0 Å². The Kier molecular flexibility index (Phi) is 9.19. The molecule has 4 amide bonds.